The number of rotatable bonds is 7. The number of carbonyl (C=O) groups excluding carboxylic acids is 2. The Balaban J connectivity index is 1.76. The molecule has 1 saturated heterocycles. The molecule has 2 aromatic rings. The Kier molecular flexibility index (Phi) is 6.41. The Morgan fingerprint density at radius 3 is 2.69 bits per heavy atom. The number of aliphatic hydroxyl groups is 2. The van der Waals surface area contributed by atoms with Gasteiger partial charge in [0.1, 0.15) is 0 Å². The van der Waals surface area contributed by atoms with E-state index in [2.05, 4.69) is 5.32 Å². The van der Waals surface area contributed by atoms with Crippen LogP contribution in [0.5, 0.6) is 0 Å². The van der Waals surface area contributed by atoms with Gasteiger partial charge >= 0.3 is 0 Å². The number of benzene rings is 2. The summed E-state index contributed by atoms with van der Waals surface area (Å²) < 4.78 is 0. The van der Waals surface area contributed by atoms with E-state index in [0.717, 1.165) is 5.56 Å². The number of piperazine rings is 1. The van der Waals surface area contributed by atoms with E-state index in [4.69, 9.17) is 5.11 Å². The highest BCUT2D eigenvalue weighted by Gasteiger charge is 2.52. The van der Waals surface area contributed by atoms with Crippen molar-refractivity contribution in [1.29, 1.82) is 0 Å². The van der Waals surface area contributed by atoms with E-state index in [0.29, 0.717) is 43.0 Å². The van der Waals surface area contributed by atoms with Crippen molar-refractivity contribution in [3.63, 3.8) is 0 Å². The fourth-order valence-corrected chi connectivity index (χ4v) is 4.42. The van der Waals surface area contributed by atoms with Gasteiger partial charge in [-0.05, 0) is 30.2 Å². The molecule has 0 aromatic heterocycles. The van der Waals surface area contributed by atoms with Crippen LogP contribution in [0.4, 0.5) is 11.4 Å². The highest BCUT2D eigenvalue weighted by atomic mass is 16.3. The summed E-state index contributed by atoms with van der Waals surface area (Å²) in [6.45, 7) is 3.62. The Bertz CT molecular complexity index is 1020. The Morgan fingerprint density at radius 1 is 1.19 bits per heavy atom. The molecule has 0 unspecified atom stereocenters. The van der Waals surface area contributed by atoms with Crippen molar-refractivity contribution in [3.8, 4) is 0 Å². The van der Waals surface area contributed by atoms with Gasteiger partial charge in [0.15, 0.2) is 5.60 Å². The predicted octanol–water partition coefficient (Wildman–Crippen LogP) is 1.93. The van der Waals surface area contributed by atoms with Gasteiger partial charge in [-0.25, -0.2) is 0 Å². The monoisotopic (exact) mass is 435 g/mol. The van der Waals surface area contributed by atoms with Crippen molar-refractivity contribution in [1.82, 2.24) is 5.32 Å². The van der Waals surface area contributed by atoms with Gasteiger partial charge in [-0.15, -0.1) is 0 Å². The molecule has 0 bridgehead atoms. The first-order valence-electron chi connectivity index (χ1n) is 11.0. The first-order chi connectivity index (χ1) is 15.5. The lowest BCUT2D eigenvalue weighted by Crippen LogP contribution is -2.48. The van der Waals surface area contributed by atoms with Crippen LogP contribution in [0.25, 0.3) is 0 Å². The molecule has 168 valence electrons. The van der Waals surface area contributed by atoms with E-state index >= 15 is 0 Å². The number of hydrogen-bond donors (Lipinski definition) is 3. The predicted molar refractivity (Wildman–Crippen MR) is 123 cm³/mol. The average molecular weight is 436 g/mol. The SMILES string of the molecule is C[C@H](/C=C/CCO)[C@@]1(O)C(=O)N(Cc2ccccc2)c2ccc(N3CCNCC3=O)cc21. The van der Waals surface area contributed by atoms with Gasteiger partial charge in [-0.2, -0.15) is 0 Å². The third-order valence-electron chi connectivity index (χ3n) is 6.22. The molecular formula is C25H29N3O4. The normalized spacial score (nSPS) is 22.0. The molecule has 0 spiro atoms. The van der Waals surface area contributed by atoms with Crippen LogP contribution >= 0.6 is 0 Å². The zero-order valence-electron chi connectivity index (χ0n) is 18.2. The van der Waals surface area contributed by atoms with Crippen LogP contribution < -0.4 is 15.1 Å². The fourth-order valence-electron chi connectivity index (χ4n) is 4.42. The lowest BCUT2D eigenvalue weighted by molar-refractivity contribution is -0.139. The third kappa shape index (κ3) is 3.95. The van der Waals surface area contributed by atoms with Gasteiger partial charge in [0.2, 0.25) is 5.91 Å². The van der Waals surface area contributed by atoms with Crippen molar-refractivity contribution in [2.75, 3.05) is 36.0 Å². The first-order valence-corrected chi connectivity index (χ1v) is 11.0. The molecule has 32 heavy (non-hydrogen) atoms. The molecule has 3 N–H and O–H groups in total. The lowest BCUT2D eigenvalue weighted by atomic mass is 9.82. The molecular weight excluding hydrogens is 406 g/mol. The summed E-state index contributed by atoms with van der Waals surface area (Å²) in [4.78, 5) is 29.3. The molecule has 2 amide bonds. The third-order valence-corrected chi connectivity index (χ3v) is 6.22. The van der Waals surface area contributed by atoms with E-state index in [1.165, 1.54) is 0 Å². The van der Waals surface area contributed by atoms with E-state index < -0.39 is 11.5 Å². The molecule has 2 aromatic carbocycles. The number of carbonyl (C=O) groups is 2. The van der Waals surface area contributed by atoms with E-state index in [-0.39, 0.29) is 25.0 Å². The second kappa shape index (κ2) is 9.24. The molecule has 0 saturated carbocycles. The van der Waals surface area contributed by atoms with Crippen molar-refractivity contribution in [2.24, 2.45) is 5.92 Å². The Morgan fingerprint density at radius 2 is 1.97 bits per heavy atom. The number of fused-ring (bicyclic) bond motifs is 1. The molecule has 7 nitrogen and oxygen atoms in total. The highest BCUT2D eigenvalue weighted by Crippen LogP contribution is 2.47. The maximum atomic E-state index is 13.6. The summed E-state index contributed by atoms with van der Waals surface area (Å²) in [5.74, 6) is -0.947. The molecule has 2 heterocycles. The quantitative estimate of drug-likeness (QED) is 0.578. The molecule has 4 rings (SSSR count). The van der Waals surface area contributed by atoms with Gasteiger partial charge in [0.25, 0.3) is 5.91 Å². The summed E-state index contributed by atoms with van der Waals surface area (Å²) in [6, 6.07) is 15.1. The van der Waals surface area contributed by atoms with Gasteiger partial charge in [0.05, 0.1) is 18.8 Å². The van der Waals surface area contributed by atoms with Crippen LogP contribution in [0.15, 0.2) is 60.7 Å². The minimum atomic E-state index is -1.76. The van der Waals surface area contributed by atoms with E-state index in [1.54, 1.807) is 34.9 Å². The van der Waals surface area contributed by atoms with Crippen LogP contribution in [0, 0.1) is 5.92 Å². The number of amides is 2. The van der Waals surface area contributed by atoms with Gasteiger partial charge < -0.3 is 25.3 Å². The standard InChI is InChI=1S/C25H29N3O4/c1-18(7-5-6-14-29)25(32)21-15-20(27-13-12-26-16-23(27)30)10-11-22(21)28(24(25)31)17-19-8-3-2-4-9-19/h2-5,7-11,15,18,26,29,32H,6,12-14,16-17H2,1H3/b7-5+/t18-,25+/m1/s1. The van der Waals surface area contributed by atoms with E-state index in [1.807, 2.05) is 42.5 Å². The molecule has 7 heteroatoms. The summed E-state index contributed by atoms with van der Waals surface area (Å²) in [5, 5.41) is 24.0. The van der Waals surface area contributed by atoms with Crippen LogP contribution in [-0.2, 0) is 21.7 Å². The van der Waals surface area contributed by atoms with Crippen LogP contribution in [-0.4, -0.2) is 48.3 Å². The zero-order chi connectivity index (χ0) is 22.7. The molecule has 2 aliphatic heterocycles. The second-order valence-electron chi connectivity index (χ2n) is 8.30. The minimum Gasteiger partial charge on any atom is -0.396 e. The number of hydrogen-bond acceptors (Lipinski definition) is 5. The van der Waals surface area contributed by atoms with Crippen LogP contribution in [0.3, 0.4) is 0 Å². The highest BCUT2D eigenvalue weighted by molar-refractivity contribution is 6.08. The number of aliphatic hydroxyl groups excluding tert-OH is 1. The minimum absolute atomic E-state index is 0.00156. The molecule has 0 radical (unpaired) electrons. The maximum absolute atomic E-state index is 13.6. The van der Waals surface area contributed by atoms with Crippen molar-refractivity contribution in [2.45, 2.75) is 25.5 Å². The summed E-state index contributed by atoms with van der Waals surface area (Å²) in [5.41, 5.74) is 1.03. The molecule has 2 atom stereocenters. The van der Waals surface area contributed by atoms with Crippen molar-refractivity contribution >= 4 is 23.2 Å². The summed E-state index contributed by atoms with van der Waals surface area (Å²) >= 11 is 0. The number of nitrogens with one attached hydrogen (secondary N) is 1. The fraction of sp³-hybridized carbons (Fsp3) is 0.360. The van der Waals surface area contributed by atoms with Gasteiger partial charge in [0, 0.05) is 36.9 Å². The number of nitrogens with zero attached hydrogens (tertiary/aromatic N) is 2. The van der Waals surface area contributed by atoms with E-state index in [9.17, 15) is 14.7 Å². The van der Waals surface area contributed by atoms with Crippen molar-refractivity contribution in [3.05, 3.63) is 71.8 Å². The first kappa shape index (κ1) is 22.2. The van der Waals surface area contributed by atoms with Crippen molar-refractivity contribution < 1.29 is 19.8 Å². The largest absolute Gasteiger partial charge is 0.396 e. The second-order valence-corrected chi connectivity index (χ2v) is 8.30. The molecule has 0 aliphatic carbocycles. The van der Waals surface area contributed by atoms with Crippen LogP contribution in [0.2, 0.25) is 0 Å². The summed E-state index contributed by atoms with van der Waals surface area (Å²) in [6.07, 6.45) is 4.00. The lowest BCUT2D eigenvalue weighted by Gasteiger charge is -2.30. The topological polar surface area (TPSA) is 93.1 Å². The smallest absolute Gasteiger partial charge is 0.264 e. The Labute approximate surface area is 188 Å². The zero-order valence-corrected chi connectivity index (χ0v) is 18.2. The Hall–Kier alpha value is -3.00. The molecule has 2 aliphatic rings. The average Bonchev–Trinajstić information content (AvgIpc) is 3.02. The maximum Gasteiger partial charge on any atom is 0.264 e. The van der Waals surface area contributed by atoms with Gasteiger partial charge in [-0.3, -0.25) is 9.59 Å². The van der Waals surface area contributed by atoms with Crippen LogP contribution in [0.1, 0.15) is 24.5 Å². The number of anilines is 2. The summed E-state index contributed by atoms with van der Waals surface area (Å²) in [7, 11) is 0. The van der Waals surface area contributed by atoms with Gasteiger partial charge in [-0.1, -0.05) is 49.4 Å². The molecule has 1 fully saturated rings.